The van der Waals surface area contributed by atoms with Gasteiger partial charge >= 0.3 is 6.36 Å². The Bertz CT molecular complexity index is 567. The van der Waals surface area contributed by atoms with Crippen molar-refractivity contribution >= 4 is 23.2 Å². The van der Waals surface area contributed by atoms with Gasteiger partial charge in [0, 0.05) is 6.08 Å². The highest BCUT2D eigenvalue weighted by molar-refractivity contribution is 7.99. The summed E-state index contributed by atoms with van der Waals surface area (Å²) < 4.78 is 45.7. The van der Waals surface area contributed by atoms with Crippen molar-refractivity contribution in [2.24, 2.45) is 4.99 Å². The van der Waals surface area contributed by atoms with Crippen LogP contribution in [0, 0.1) is 0 Å². The van der Waals surface area contributed by atoms with Crippen LogP contribution in [0.1, 0.15) is 12.5 Å². The summed E-state index contributed by atoms with van der Waals surface area (Å²) in [5, 5.41) is 0.372. The van der Waals surface area contributed by atoms with Gasteiger partial charge in [0.15, 0.2) is 0 Å². The number of halogens is 3. The molecule has 22 heavy (non-hydrogen) atoms. The Hall–Kier alpha value is -1.63. The molecule has 1 aliphatic heterocycles. The molecule has 1 aromatic rings. The average molecular weight is 331 g/mol. The molecule has 2 rings (SSSR count). The lowest BCUT2D eigenvalue weighted by Gasteiger charge is -2.19. The van der Waals surface area contributed by atoms with Gasteiger partial charge in [-0.05, 0) is 36.4 Å². The molecule has 7 heteroatoms. The Kier molecular flexibility index (Phi) is 5.39. The summed E-state index contributed by atoms with van der Waals surface area (Å²) in [5.41, 5.74) is 1.65. The van der Waals surface area contributed by atoms with Crippen LogP contribution in [0.3, 0.4) is 0 Å². The minimum Gasteiger partial charge on any atom is -0.477 e. The number of hydrogen-bond acceptors (Lipinski definition) is 4. The highest BCUT2D eigenvalue weighted by Gasteiger charge is 2.30. The molecule has 0 radical (unpaired) electrons. The Morgan fingerprint density at radius 2 is 2.05 bits per heavy atom. The molecule has 1 aliphatic rings. The molecule has 0 saturated heterocycles. The Morgan fingerprint density at radius 1 is 1.36 bits per heavy atom. The fourth-order valence-electron chi connectivity index (χ4n) is 1.89. The van der Waals surface area contributed by atoms with Gasteiger partial charge in [-0.15, -0.1) is 13.2 Å². The molecule has 0 bridgehead atoms. The van der Waals surface area contributed by atoms with E-state index < -0.39 is 6.36 Å². The number of alkyl halides is 3. The van der Waals surface area contributed by atoms with Crippen molar-refractivity contribution < 1.29 is 22.6 Å². The van der Waals surface area contributed by atoms with Crippen molar-refractivity contribution in [3.8, 4) is 5.75 Å². The molecule has 0 N–H and O–H groups in total. The van der Waals surface area contributed by atoms with Crippen molar-refractivity contribution in [2.75, 3.05) is 19.4 Å². The average Bonchev–Trinajstić information content (AvgIpc) is 2.47. The third-order valence-electron chi connectivity index (χ3n) is 3.08. The third-order valence-corrected chi connectivity index (χ3v) is 4.04. The van der Waals surface area contributed by atoms with Gasteiger partial charge < -0.3 is 9.47 Å². The molecule has 0 spiro atoms. The zero-order valence-electron chi connectivity index (χ0n) is 12.2. The summed E-state index contributed by atoms with van der Waals surface area (Å²) in [4.78, 5) is 4.34. The number of nitrogens with zero attached hydrogens (tertiary/aromatic N) is 1. The number of ether oxygens (including phenoxy) is 2. The van der Waals surface area contributed by atoms with Gasteiger partial charge in [0.05, 0.1) is 11.8 Å². The third kappa shape index (κ3) is 4.98. The number of thioether (sulfide) groups is 1. The van der Waals surface area contributed by atoms with E-state index in [4.69, 9.17) is 4.74 Å². The quantitative estimate of drug-likeness (QED) is 0.830. The molecular formula is C15H16F3NO2S. The second-order valence-corrected chi connectivity index (χ2v) is 5.89. The van der Waals surface area contributed by atoms with Gasteiger partial charge in [-0.3, -0.25) is 4.99 Å². The molecule has 0 aromatic heterocycles. The SMILES string of the molecule is CSC1CN=C(/C=C(\C)c2ccc(OC(F)(F)F)cc2)OC1. The van der Waals surface area contributed by atoms with Gasteiger partial charge in [0.1, 0.15) is 12.4 Å². The van der Waals surface area contributed by atoms with Crippen LogP contribution in [0.25, 0.3) is 5.57 Å². The smallest absolute Gasteiger partial charge is 0.477 e. The van der Waals surface area contributed by atoms with Crippen molar-refractivity contribution in [2.45, 2.75) is 18.5 Å². The van der Waals surface area contributed by atoms with Crippen molar-refractivity contribution in [1.29, 1.82) is 0 Å². The van der Waals surface area contributed by atoms with Gasteiger partial charge in [-0.25, -0.2) is 0 Å². The first-order chi connectivity index (χ1) is 10.4. The molecule has 1 aromatic carbocycles. The van der Waals surface area contributed by atoms with E-state index >= 15 is 0 Å². The molecular weight excluding hydrogens is 315 g/mol. The summed E-state index contributed by atoms with van der Waals surface area (Å²) in [7, 11) is 0. The number of benzene rings is 1. The molecule has 1 heterocycles. The summed E-state index contributed by atoms with van der Waals surface area (Å²) in [6.45, 7) is 3.17. The van der Waals surface area contributed by atoms with Crippen molar-refractivity contribution in [3.05, 3.63) is 35.9 Å². The van der Waals surface area contributed by atoms with E-state index in [0.29, 0.717) is 24.3 Å². The van der Waals surface area contributed by atoms with E-state index in [-0.39, 0.29) is 5.75 Å². The fourth-order valence-corrected chi connectivity index (χ4v) is 2.31. The summed E-state index contributed by atoms with van der Waals surface area (Å²) in [6, 6.07) is 5.71. The maximum absolute atomic E-state index is 12.1. The number of rotatable bonds is 4. The van der Waals surface area contributed by atoms with Gasteiger partial charge in [0.25, 0.3) is 0 Å². The predicted octanol–water partition coefficient (Wildman–Crippen LogP) is 4.15. The normalized spacial score (nSPS) is 19.4. The van der Waals surface area contributed by atoms with Gasteiger partial charge in [-0.2, -0.15) is 11.8 Å². The first-order valence-corrected chi connectivity index (χ1v) is 7.90. The van der Waals surface area contributed by atoms with Crippen LogP contribution in [0.5, 0.6) is 5.75 Å². The number of aliphatic imine (C=N–C) groups is 1. The second-order valence-electron chi connectivity index (χ2n) is 4.75. The van der Waals surface area contributed by atoms with Crippen LogP contribution in [-0.4, -0.2) is 36.9 Å². The van der Waals surface area contributed by atoms with E-state index in [1.807, 2.05) is 13.2 Å². The lowest BCUT2D eigenvalue weighted by atomic mass is 10.1. The highest BCUT2D eigenvalue weighted by atomic mass is 32.2. The topological polar surface area (TPSA) is 30.8 Å². The zero-order chi connectivity index (χ0) is 16.2. The van der Waals surface area contributed by atoms with Crippen LogP contribution in [0.4, 0.5) is 13.2 Å². The molecule has 0 fully saturated rings. The summed E-state index contributed by atoms with van der Waals surface area (Å²) in [6.07, 6.45) is -0.874. The molecule has 0 amide bonds. The molecule has 0 saturated carbocycles. The van der Waals surface area contributed by atoms with E-state index in [1.165, 1.54) is 12.1 Å². The summed E-state index contributed by atoms with van der Waals surface area (Å²) >= 11 is 1.71. The minimum absolute atomic E-state index is 0.238. The predicted molar refractivity (Wildman–Crippen MR) is 82.3 cm³/mol. The first kappa shape index (κ1) is 16.7. The largest absolute Gasteiger partial charge is 0.573 e. The Balaban J connectivity index is 2.05. The Labute approximate surface area is 131 Å². The van der Waals surface area contributed by atoms with Gasteiger partial charge in [-0.1, -0.05) is 12.1 Å². The molecule has 120 valence electrons. The van der Waals surface area contributed by atoms with Crippen LogP contribution < -0.4 is 4.74 Å². The van der Waals surface area contributed by atoms with E-state index in [1.54, 1.807) is 30.0 Å². The maximum atomic E-state index is 12.1. The molecule has 1 atom stereocenters. The van der Waals surface area contributed by atoms with Crippen LogP contribution >= 0.6 is 11.8 Å². The van der Waals surface area contributed by atoms with Crippen LogP contribution in [-0.2, 0) is 4.74 Å². The van der Waals surface area contributed by atoms with E-state index in [2.05, 4.69) is 9.73 Å². The van der Waals surface area contributed by atoms with E-state index in [0.717, 1.165) is 11.1 Å². The lowest BCUT2D eigenvalue weighted by Crippen LogP contribution is -2.24. The van der Waals surface area contributed by atoms with Gasteiger partial charge in [0.2, 0.25) is 5.90 Å². The monoisotopic (exact) mass is 331 g/mol. The standard InChI is InChI=1S/C15H16F3NO2S/c1-10(7-14-19-8-13(22-2)9-20-14)11-3-5-12(6-4-11)21-15(16,17)18/h3-7,13H,8-9H2,1-2H3/b10-7+. The highest BCUT2D eigenvalue weighted by Crippen LogP contribution is 2.25. The van der Waals surface area contributed by atoms with Crippen LogP contribution in [0.15, 0.2) is 35.3 Å². The second kappa shape index (κ2) is 7.09. The molecule has 1 unspecified atom stereocenters. The van der Waals surface area contributed by atoms with Crippen LogP contribution in [0.2, 0.25) is 0 Å². The van der Waals surface area contributed by atoms with Crippen molar-refractivity contribution in [3.63, 3.8) is 0 Å². The first-order valence-electron chi connectivity index (χ1n) is 6.62. The summed E-state index contributed by atoms with van der Waals surface area (Å²) in [5.74, 6) is 0.316. The minimum atomic E-state index is -4.68. The number of hydrogen-bond donors (Lipinski definition) is 0. The number of allylic oxidation sites excluding steroid dienone is 1. The molecule has 0 aliphatic carbocycles. The van der Waals surface area contributed by atoms with Crippen molar-refractivity contribution in [1.82, 2.24) is 0 Å². The van der Waals surface area contributed by atoms with E-state index in [9.17, 15) is 13.2 Å². The fraction of sp³-hybridized carbons (Fsp3) is 0.400. The molecule has 3 nitrogen and oxygen atoms in total. The zero-order valence-corrected chi connectivity index (χ0v) is 13.0. The Morgan fingerprint density at radius 3 is 2.55 bits per heavy atom. The lowest BCUT2D eigenvalue weighted by molar-refractivity contribution is -0.274. The maximum Gasteiger partial charge on any atom is 0.573 e.